The highest BCUT2D eigenvalue weighted by molar-refractivity contribution is 7.98. The smallest absolute Gasteiger partial charge is 0.254 e. The van der Waals surface area contributed by atoms with Gasteiger partial charge in [0, 0.05) is 71.5 Å². The minimum absolute atomic E-state index is 0.0120. The molecule has 0 radical (unpaired) electrons. The number of rotatable bonds is 7. The van der Waals surface area contributed by atoms with E-state index in [1.54, 1.807) is 19.9 Å². The van der Waals surface area contributed by atoms with E-state index in [-0.39, 0.29) is 47.8 Å². The molecule has 0 bridgehead atoms. The summed E-state index contributed by atoms with van der Waals surface area (Å²) in [6.45, 7) is 5.47. The quantitative estimate of drug-likeness (QED) is 0.358. The van der Waals surface area contributed by atoms with Crippen LogP contribution in [0.1, 0.15) is 72.6 Å². The van der Waals surface area contributed by atoms with Crippen LogP contribution >= 0.6 is 23.4 Å². The van der Waals surface area contributed by atoms with E-state index in [0.717, 1.165) is 10.6 Å². The number of aromatic nitrogens is 1. The summed E-state index contributed by atoms with van der Waals surface area (Å²) in [4.78, 5) is 41.6. The summed E-state index contributed by atoms with van der Waals surface area (Å²) in [5, 5.41) is 6.01. The molecule has 2 amide bonds. The Kier molecular flexibility index (Phi) is 8.06. The van der Waals surface area contributed by atoms with Crippen molar-refractivity contribution in [1.29, 1.82) is 0 Å². The molecule has 0 saturated heterocycles. The number of hydrogen-bond donors (Lipinski definition) is 3. The van der Waals surface area contributed by atoms with Gasteiger partial charge in [-0.05, 0) is 57.9 Å². The molecule has 12 heteroatoms. The molecule has 3 N–H and O–H groups in total. The first-order valence-electron chi connectivity index (χ1n) is 13.7. The molecule has 1 atom stereocenters. The second-order valence-electron chi connectivity index (χ2n) is 11.4. The first kappa shape index (κ1) is 29.7. The summed E-state index contributed by atoms with van der Waals surface area (Å²) in [5.41, 5.74) is 1.88. The topological polar surface area (TPSA) is 110 Å². The lowest BCUT2D eigenvalue weighted by Crippen LogP contribution is -2.50. The fraction of sp³-hybridized carbons (Fsp3) is 0.552. The van der Waals surface area contributed by atoms with E-state index in [2.05, 4.69) is 15.6 Å². The SMILES string of the molecule is CSc1cc(C)[nH]c(=O)c1CNC(=O)c1cc(Cl)c2c(c1C)O[C@](C)([C@H]1CC[C@H](NC(=O)C3CC(F)(F)C3)CC1)O2. The van der Waals surface area contributed by atoms with Gasteiger partial charge in [-0.1, -0.05) is 11.6 Å². The maximum absolute atomic E-state index is 13.2. The Balaban J connectivity index is 1.23. The second kappa shape index (κ2) is 11.1. The molecule has 2 aromatic rings. The van der Waals surface area contributed by atoms with Crippen LogP contribution in [0.3, 0.4) is 0 Å². The van der Waals surface area contributed by atoms with Crippen LogP contribution in [0, 0.1) is 25.7 Å². The Hall–Kier alpha value is -2.79. The van der Waals surface area contributed by atoms with Gasteiger partial charge in [0.1, 0.15) is 0 Å². The summed E-state index contributed by atoms with van der Waals surface area (Å²) in [6.07, 6.45) is 3.86. The summed E-state index contributed by atoms with van der Waals surface area (Å²) in [5.74, 6) is -4.26. The van der Waals surface area contributed by atoms with E-state index in [0.29, 0.717) is 53.9 Å². The summed E-state index contributed by atoms with van der Waals surface area (Å²) >= 11 is 8.01. The number of halogens is 3. The van der Waals surface area contributed by atoms with Crippen molar-refractivity contribution in [3.8, 4) is 11.5 Å². The van der Waals surface area contributed by atoms with Gasteiger partial charge in [-0.3, -0.25) is 14.4 Å². The van der Waals surface area contributed by atoms with Crippen molar-refractivity contribution < 1.29 is 27.8 Å². The van der Waals surface area contributed by atoms with Crippen LogP contribution in [-0.4, -0.2) is 40.8 Å². The number of alkyl halides is 2. The zero-order valence-electron chi connectivity index (χ0n) is 23.4. The highest BCUT2D eigenvalue weighted by Crippen LogP contribution is 2.51. The number of hydrogen-bond acceptors (Lipinski definition) is 6. The van der Waals surface area contributed by atoms with Crippen LogP contribution in [-0.2, 0) is 11.3 Å². The molecule has 222 valence electrons. The van der Waals surface area contributed by atoms with Crippen LogP contribution in [0.5, 0.6) is 11.5 Å². The number of thioether (sulfide) groups is 1. The first-order chi connectivity index (χ1) is 19.3. The second-order valence-corrected chi connectivity index (χ2v) is 12.7. The van der Waals surface area contributed by atoms with E-state index >= 15 is 0 Å². The number of ether oxygens (including phenoxy) is 2. The lowest BCUT2D eigenvalue weighted by atomic mass is 9.79. The number of pyridine rings is 1. The zero-order valence-corrected chi connectivity index (χ0v) is 25.0. The highest BCUT2D eigenvalue weighted by atomic mass is 35.5. The molecule has 1 aromatic heterocycles. The minimum atomic E-state index is -2.72. The monoisotopic (exact) mass is 609 g/mol. The lowest BCUT2D eigenvalue weighted by Gasteiger charge is -2.39. The predicted molar refractivity (Wildman–Crippen MR) is 152 cm³/mol. The number of H-pyrrole nitrogens is 1. The maximum Gasteiger partial charge on any atom is 0.254 e. The third kappa shape index (κ3) is 5.93. The van der Waals surface area contributed by atoms with E-state index < -0.39 is 23.5 Å². The average molecular weight is 610 g/mol. The molecular weight excluding hydrogens is 576 g/mol. The normalized spacial score (nSPS) is 25.0. The van der Waals surface area contributed by atoms with Crippen LogP contribution in [0.2, 0.25) is 5.02 Å². The first-order valence-corrected chi connectivity index (χ1v) is 15.3. The Bertz CT molecular complexity index is 1430. The van der Waals surface area contributed by atoms with Crippen molar-refractivity contribution >= 4 is 35.2 Å². The van der Waals surface area contributed by atoms with E-state index in [1.807, 2.05) is 19.2 Å². The number of nitrogens with one attached hydrogen (secondary N) is 3. The molecule has 0 spiro atoms. The molecule has 1 aliphatic heterocycles. The third-order valence-electron chi connectivity index (χ3n) is 8.44. The standard InChI is InChI=1S/C29H34ClF2N3O5S/c1-14-9-22(41-4)20(27(38)34-14)13-33-26(37)19-10-21(30)24-23(15(19)2)39-28(3,40-24)17-5-7-18(8-6-17)35-25(36)16-11-29(31,32)12-16/h9-10,16-18H,5-8,11-13H2,1-4H3,(H,33,37)(H,34,38)(H,35,36)/t17-,18-,28-/m0/s1. The maximum atomic E-state index is 13.2. The molecule has 3 aliphatic rings. The number of carbonyl (C=O) groups is 2. The molecule has 2 saturated carbocycles. The minimum Gasteiger partial charge on any atom is -0.448 e. The summed E-state index contributed by atoms with van der Waals surface area (Å²) < 4.78 is 38.9. The fourth-order valence-corrected chi connectivity index (χ4v) is 6.92. The van der Waals surface area contributed by atoms with Gasteiger partial charge in [0.15, 0.2) is 11.5 Å². The van der Waals surface area contributed by atoms with E-state index in [9.17, 15) is 23.2 Å². The van der Waals surface area contributed by atoms with Gasteiger partial charge < -0.3 is 25.1 Å². The van der Waals surface area contributed by atoms with Crippen molar-refractivity contribution in [3.05, 3.63) is 49.9 Å². The zero-order chi connectivity index (χ0) is 29.7. The lowest BCUT2D eigenvalue weighted by molar-refractivity contribution is -0.151. The van der Waals surface area contributed by atoms with Crippen molar-refractivity contribution in [2.75, 3.05) is 6.26 Å². The van der Waals surface area contributed by atoms with Gasteiger partial charge in [0.2, 0.25) is 11.8 Å². The van der Waals surface area contributed by atoms with Crippen molar-refractivity contribution in [2.24, 2.45) is 11.8 Å². The van der Waals surface area contributed by atoms with Gasteiger partial charge in [-0.15, -0.1) is 11.8 Å². The van der Waals surface area contributed by atoms with Gasteiger partial charge in [0.05, 0.1) is 5.02 Å². The number of aromatic amines is 1. The van der Waals surface area contributed by atoms with Gasteiger partial charge in [0.25, 0.3) is 17.3 Å². The van der Waals surface area contributed by atoms with Crippen LogP contribution in [0.15, 0.2) is 21.8 Å². The molecule has 41 heavy (non-hydrogen) atoms. The molecule has 8 nitrogen and oxygen atoms in total. The Morgan fingerprint density at radius 1 is 1.12 bits per heavy atom. The number of benzene rings is 1. The van der Waals surface area contributed by atoms with Gasteiger partial charge in [-0.25, -0.2) is 8.78 Å². The molecule has 2 aliphatic carbocycles. The van der Waals surface area contributed by atoms with Crippen LogP contribution < -0.4 is 25.7 Å². The van der Waals surface area contributed by atoms with Crippen molar-refractivity contribution in [2.45, 2.75) is 88.5 Å². The molecular formula is C29H34ClF2N3O5S. The van der Waals surface area contributed by atoms with E-state index in [4.69, 9.17) is 21.1 Å². The fourth-order valence-electron chi connectivity index (χ4n) is 5.98. The Labute approximate surface area is 246 Å². The van der Waals surface area contributed by atoms with Gasteiger partial charge >= 0.3 is 0 Å². The van der Waals surface area contributed by atoms with E-state index in [1.165, 1.54) is 11.8 Å². The van der Waals surface area contributed by atoms with Crippen LogP contribution in [0.25, 0.3) is 0 Å². The molecule has 0 unspecified atom stereocenters. The Morgan fingerprint density at radius 2 is 1.78 bits per heavy atom. The van der Waals surface area contributed by atoms with Crippen molar-refractivity contribution in [1.82, 2.24) is 15.6 Å². The van der Waals surface area contributed by atoms with Crippen LogP contribution in [0.4, 0.5) is 8.78 Å². The summed E-state index contributed by atoms with van der Waals surface area (Å²) in [7, 11) is 0. The number of carbonyl (C=O) groups excluding carboxylic acids is 2. The molecule has 5 rings (SSSR count). The summed E-state index contributed by atoms with van der Waals surface area (Å²) in [6, 6.07) is 3.34. The number of amides is 2. The highest BCUT2D eigenvalue weighted by Gasteiger charge is 2.50. The largest absolute Gasteiger partial charge is 0.448 e. The molecule has 2 fully saturated rings. The average Bonchev–Trinajstić information content (AvgIpc) is 3.28. The molecule has 2 heterocycles. The number of aryl methyl sites for hydroxylation is 1. The third-order valence-corrected chi connectivity index (χ3v) is 9.53. The molecule has 1 aromatic carbocycles. The predicted octanol–water partition coefficient (Wildman–Crippen LogP) is 5.50. The number of fused-ring (bicyclic) bond motifs is 1. The van der Waals surface area contributed by atoms with Crippen molar-refractivity contribution in [3.63, 3.8) is 0 Å². The van der Waals surface area contributed by atoms with Gasteiger partial charge in [-0.2, -0.15) is 0 Å². The Morgan fingerprint density at radius 3 is 2.41 bits per heavy atom.